The molecule has 0 radical (unpaired) electrons. The highest BCUT2D eigenvalue weighted by molar-refractivity contribution is 5.76. The number of primary amides is 1. The van der Waals surface area contributed by atoms with E-state index in [2.05, 4.69) is 38.2 Å². The molecule has 3 N–H and O–H groups in total. The minimum Gasteiger partial charge on any atom is -0.382 e. The number of nitrogens with one attached hydrogen (secondary N) is 1. The summed E-state index contributed by atoms with van der Waals surface area (Å²) in [6.45, 7) is 7.00. The Kier molecular flexibility index (Phi) is 5.27. The van der Waals surface area contributed by atoms with Crippen molar-refractivity contribution in [2.24, 2.45) is 23.5 Å². The molecule has 0 heterocycles. The Morgan fingerprint density at radius 3 is 2.52 bits per heavy atom. The van der Waals surface area contributed by atoms with E-state index in [4.69, 9.17) is 5.73 Å². The first-order valence-electron chi connectivity index (χ1n) is 8.09. The van der Waals surface area contributed by atoms with Crippen molar-refractivity contribution in [2.75, 3.05) is 5.32 Å². The SMILES string of the molecule is CC1CCC(C(C)C)C(Nc2ccc(CC(N)=O)cc2)C1. The fraction of sp³-hybridized carbons (Fsp3) is 0.611. The molecule has 21 heavy (non-hydrogen) atoms. The van der Waals surface area contributed by atoms with E-state index in [1.807, 2.05) is 12.1 Å². The van der Waals surface area contributed by atoms with Gasteiger partial charge < -0.3 is 11.1 Å². The van der Waals surface area contributed by atoms with E-state index < -0.39 is 0 Å². The van der Waals surface area contributed by atoms with Crippen LogP contribution in [0.4, 0.5) is 5.69 Å². The summed E-state index contributed by atoms with van der Waals surface area (Å²) >= 11 is 0. The van der Waals surface area contributed by atoms with E-state index in [-0.39, 0.29) is 5.91 Å². The number of amides is 1. The lowest BCUT2D eigenvalue weighted by molar-refractivity contribution is -0.117. The van der Waals surface area contributed by atoms with Crippen LogP contribution in [0.3, 0.4) is 0 Å². The standard InChI is InChI=1S/C18H28N2O/c1-12(2)16-9-4-13(3)10-17(16)20-15-7-5-14(6-8-15)11-18(19)21/h5-8,12-13,16-17,20H,4,9-11H2,1-3H3,(H2,19,21). The molecule has 0 aromatic heterocycles. The molecule has 1 fully saturated rings. The van der Waals surface area contributed by atoms with Crippen LogP contribution < -0.4 is 11.1 Å². The van der Waals surface area contributed by atoms with Crippen LogP contribution in [-0.4, -0.2) is 11.9 Å². The van der Waals surface area contributed by atoms with E-state index in [0.29, 0.717) is 18.4 Å². The highest BCUT2D eigenvalue weighted by atomic mass is 16.1. The van der Waals surface area contributed by atoms with Gasteiger partial charge in [0.2, 0.25) is 5.91 Å². The minimum atomic E-state index is -0.281. The fourth-order valence-electron chi connectivity index (χ4n) is 3.50. The van der Waals surface area contributed by atoms with Gasteiger partial charge in [0.25, 0.3) is 0 Å². The second-order valence-electron chi connectivity index (χ2n) is 6.92. The van der Waals surface area contributed by atoms with Crippen LogP contribution in [0.2, 0.25) is 0 Å². The van der Waals surface area contributed by atoms with Crippen LogP contribution >= 0.6 is 0 Å². The van der Waals surface area contributed by atoms with Gasteiger partial charge in [-0.05, 0) is 48.3 Å². The van der Waals surface area contributed by atoms with Gasteiger partial charge >= 0.3 is 0 Å². The van der Waals surface area contributed by atoms with Crippen LogP contribution in [0.5, 0.6) is 0 Å². The predicted octanol–water partition coefficient (Wildman–Crippen LogP) is 3.59. The first-order valence-corrected chi connectivity index (χ1v) is 8.09. The highest BCUT2D eigenvalue weighted by Gasteiger charge is 2.30. The zero-order chi connectivity index (χ0) is 15.4. The van der Waals surface area contributed by atoms with Crippen molar-refractivity contribution in [3.05, 3.63) is 29.8 Å². The van der Waals surface area contributed by atoms with Crippen molar-refractivity contribution >= 4 is 11.6 Å². The maximum atomic E-state index is 10.9. The van der Waals surface area contributed by atoms with Crippen LogP contribution in [-0.2, 0) is 11.2 Å². The van der Waals surface area contributed by atoms with Crippen LogP contribution in [0, 0.1) is 17.8 Å². The molecule has 0 bridgehead atoms. The zero-order valence-corrected chi connectivity index (χ0v) is 13.4. The first kappa shape index (κ1) is 15.9. The van der Waals surface area contributed by atoms with Gasteiger partial charge in [0.05, 0.1) is 6.42 Å². The summed E-state index contributed by atoms with van der Waals surface area (Å²) in [5.41, 5.74) is 7.35. The van der Waals surface area contributed by atoms with Gasteiger partial charge in [-0.2, -0.15) is 0 Å². The molecule has 1 aromatic carbocycles. The molecule has 3 heteroatoms. The summed E-state index contributed by atoms with van der Waals surface area (Å²) in [7, 11) is 0. The lowest BCUT2D eigenvalue weighted by atomic mass is 9.74. The fourth-order valence-corrected chi connectivity index (χ4v) is 3.50. The maximum Gasteiger partial charge on any atom is 0.221 e. The van der Waals surface area contributed by atoms with Crippen molar-refractivity contribution in [3.8, 4) is 0 Å². The van der Waals surface area contributed by atoms with Gasteiger partial charge in [0, 0.05) is 11.7 Å². The third-order valence-corrected chi connectivity index (χ3v) is 4.71. The molecule has 1 aliphatic rings. The number of hydrogen-bond acceptors (Lipinski definition) is 2. The van der Waals surface area contributed by atoms with E-state index >= 15 is 0 Å². The van der Waals surface area contributed by atoms with E-state index in [1.54, 1.807) is 0 Å². The van der Waals surface area contributed by atoms with Crippen LogP contribution in [0.25, 0.3) is 0 Å². The Balaban J connectivity index is 2.02. The molecule has 3 nitrogen and oxygen atoms in total. The zero-order valence-electron chi connectivity index (χ0n) is 13.4. The molecule has 1 aliphatic carbocycles. The van der Waals surface area contributed by atoms with E-state index in [9.17, 15) is 4.79 Å². The average Bonchev–Trinajstić information content (AvgIpc) is 2.40. The molecule has 3 atom stereocenters. The molecule has 2 rings (SSSR count). The Hall–Kier alpha value is -1.51. The Bertz CT molecular complexity index is 467. The van der Waals surface area contributed by atoms with Crippen LogP contribution in [0.1, 0.15) is 45.6 Å². The molecule has 0 saturated heterocycles. The topological polar surface area (TPSA) is 55.1 Å². The summed E-state index contributed by atoms with van der Waals surface area (Å²) in [5.74, 6) is 1.97. The number of nitrogens with two attached hydrogens (primary N) is 1. The average molecular weight is 288 g/mol. The maximum absolute atomic E-state index is 10.9. The monoisotopic (exact) mass is 288 g/mol. The number of carbonyl (C=O) groups excluding carboxylic acids is 1. The van der Waals surface area contributed by atoms with Crippen LogP contribution in [0.15, 0.2) is 24.3 Å². The summed E-state index contributed by atoms with van der Waals surface area (Å²) in [4.78, 5) is 10.9. The number of carbonyl (C=O) groups is 1. The van der Waals surface area contributed by atoms with Crippen molar-refractivity contribution < 1.29 is 4.79 Å². The number of rotatable bonds is 5. The lowest BCUT2D eigenvalue weighted by Crippen LogP contribution is -2.37. The van der Waals surface area contributed by atoms with Crippen molar-refractivity contribution in [1.82, 2.24) is 0 Å². The molecule has 1 saturated carbocycles. The molecule has 0 aliphatic heterocycles. The van der Waals surface area contributed by atoms with Gasteiger partial charge in [-0.25, -0.2) is 0 Å². The second-order valence-corrected chi connectivity index (χ2v) is 6.92. The first-order chi connectivity index (χ1) is 9.95. The smallest absolute Gasteiger partial charge is 0.221 e. The summed E-state index contributed by atoms with van der Waals surface area (Å²) < 4.78 is 0. The third-order valence-electron chi connectivity index (χ3n) is 4.71. The normalized spacial score (nSPS) is 25.8. The van der Waals surface area contributed by atoms with E-state index in [1.165, 1.54) is 19.3 Å². The number of hydrogen-bond donors (Lipinski definition) is 2. The van der Waals surface area contributed by atoms with E-state index in [0.717, 1.165) is 23.1 Å². The van der Waals surface area contributed by atoms with Crippen molar-refractivity contribution in [1.29, 1.82) is 0 Å². The van der Waals surface area contributed by atoms with Crippen molar-refractivity contribution in [2.45, 2.75) is 52.5 Å². The second kappa shape index (κ2) is 6.97. The quantitative estimate of drug-likeness (QED) is 0.870. The van der Waals surface area contributed by atoms with Crippen molar-refractivity contribution in [3.63, 3.8) is 0 Å². The summed E-state index contributed by atoms with van der Waals surface area (Å²) in [5, 5.41) is 3.71. The Morgan fingerprint density at radius 2 is 1.95 bits per heavy atom. The number of anilines is 1. The van der Waals surface area contributed by atoms with Gasteiger partial charge in [-0.15, -0.1) is 0 Å². The molecule has 116 valence electrons. The predicted molar refractivity (Wildman–Crippen MR) is 88.1 cm³/mol. The highest BCUT2D eigenvalue weighted by Crippen LogP contribution is 2.35. The van der Waals surface area contributed by atoms with Gasteiger partial charge in [0.15, 0.2) is 0 Å². The number of benzene rings is 1. The molecular weight excluding hydrogens is 260 g/mol. The molecule has 1 aromatic rings. The van der Waals surface area contributed by atoms with Gasteiger partial charge in [-0.3, -0.25) is 4.79 Å². The molecule has 0 spiro atoms. The summed E-state index contributed by atoms with van der Waals surface area (Å²) in [6, 6.07) is 8.66. The van der Waals surface area contributed by atoms with Gasteiger partial charge in [0.1, 0.15) is 0 Å². The molecular formula is C18H28N2O. The molecule has 3 unspecified atom stereocenters. The Morgan fingerprint density at radius 1 is 1.29 bits per heavy atom. The molecule has 1 amide bonds. The largest absolute Gasteiger partial charge is 0.382 e. The minimum absolute atomic E-state index is 0.281. The van der Waals surface area contributed by atoms with Gasteiger partial charge in [-0.1, -0.05) is 39.3 Å². The Labute approximate surface area is 128 Å². The lowest BCUT2D eigenvalue weighted by Gasteiger charge is -2.38. The third kappa shape index (κ3) is 4.48. The summed E-state index contributed by atoms with van der Waals surface area (Å²) in [6.07, 6.45) is 4.22.